The van der Waals surface area contributed by atoms with Gasteiger partial charge in [0.25, 0.3) is 10.0 Å². The molecule has 31 heavy (non-hydrogen) atoms. The van der Waals surface area contributed by atoms with Gasteiger partial charge in [0.1, 0.15) is 6.17 Å². The van der Waals surface area contributed by atoms with E-state index in [9.17, 15) is 13.5 Å². The van der Waals surface area contributed by atoms with Crippen molar-refractivity contribution in [2.75, 3.05) is 4.72 Å². The van der Waals surface area contributed by atoms with Crippen LogP contribution in [0, 0.1) is 5.92 Å². The van der Waals surface area contributed by atoms with Gasteiger partial charge >= 0.3 is 0 Å². The molecule has 0 saturated heterocycles. The van der Waals surface area contributed by atoms with Gasteiger partial charge in [-0.3, -0.25) is 9.71 Å². The smallest absolute Gasteiger partial charge is 0.263 e. The molecule has 3 unspecified atom stereocenters. The molecule has 0 bridgehead atoms. The number of aromatic nitrogens is 2. The molecular weight excluding hydrogens is 461 g/mol. The quantitative estimate of drug-likeness (QED) is 0.535. The average molecular weight is 478 g/mol. The average Bonchev–Trinajstić information content (AvgIpc) is 3.26. The summed E-state index contributed by atoms with van der Waals surface area (Å²) in [6, 6.07) is 8.48. The molecule has 2 heterocycles. The van der Waals surface area contributed by atoms with Gasteiger partial charge in [0, 0.05) is 34.9 Å². The van der Waals surface area contributed by atoms with Crippen LogP contribution in [0.2, 0.25) is 5.02 Å². The van der Waals surface area contributed by atoms with Gasteiger partial charge in [-0.15, -0.1) is 11.3 Å². The zero-order valence-electron chi connectivity index (χ0n) is 15.9. The highest BCUT2D eigenvalue weighted by molar-refractivity contribution is 7.96. The first-order chi connectivity index (χ1) is 14.8. The van der Waals surface area contributed by atoms with Gasteiger partial charge in [-0.05, 0) is 53.1 Å². The van der Waals surface area contributed by atoms with Gasteiger partial charge in [0.05, 0.1) is 11.0 Å². The highest BCUT2D eigenvalue weighted by Gasteiger charge is 2.33. The molecule has 4 rings (SSSR count). The lowest BCUT2D eigenvalue weighted by Crippen LogP contribution is -2.25. The maximum atomic E-state index is 15.0. The number of halogens is 2. The van der Waals surface area contributed by atoms with Crippen LogP contribution in [0.4, 0.5) is 9.52 Å². The molecule has 0 saturated carbocycles. The second-order valence-corrected chi connectivity index (χ2v) is 9.82. The maximum absolute atomic E-state index is 15.0. The Morgan fingerprint density at radius 1 is 1.19 bits per heavy atom. The minimum atomic E-state index is -3.98. The Balaban J connectivity index is 1.61. The van der Waals surface area contributed by atoms with Gasteiger partial charge < -0.3 is 5.11 Å². The fraction of sp³-hybridized carbons (Fsp3) is 0.143. The minimum Gasteiger partial charge on any atom is -0.388 e. The van der Waals surface area contributed by atoms with E-state index < -0.39 is 28.2 Å². The Labute approximate surface area is 187 Å². The minimum absolute atomic E-state index is 0.190. The number of nitrogens with zero attached hydrogens (tertiary/aromatic N) is 2. The molecule has 0 radical (unpaired) electrons. The monoisotopic (exact) mass is 477 g/mol. The summed E-state index contributed by atoms with van der Waals surface area (Å²) >= 11 is 7.26. The first-order valence-electron chi connectivity index (χ1n) is 9.19. The summed E-state index contributed by atoms with van der Waals surface area (Å²) in [4.78, 5) is 7.64. The number of hydrogen-bond donors (Lipinski definition) is 2. The molecule has 1 aliphatic carbocycles. The van der Waals surface area contributed by atoms with Gasteiger partial charge in [-0.2, -0.15) is 0 Å². The first-order valence-corrected chi connectivity index (χ1v) is 11.9. The number of benzene rings is 1. The summed E-state index contributed by atoms with van der Waals surface area (Å²) in [5.41, 5.74) is 1.90. The van der Waals surface area contributed by atoms with Crippen molar-refractivity contribution in [1.82, 2.24) is 9.97 Å². The Hall–Kier alpha value is -2.59. The maximum Gasteiger partial charge on any atom is 0.263 e. The van der Waals surface area contributed by atoms with Crippen molar-refractivity contribution < 1.29 is 17.9 Å². The van der Waals surface area contributed by atoms with E-state index in [1.165, 1.54) is 18.3 Å². The first kappa shape index (κ1) is 21.6. The largest absolute Gasteiger partial charge is 0.388 e. The van der Waals surface area contributed by atoms with Crippen LogP contribution in [0.15, 0.2) is 77.4 Å². The molecule has 2 aromatic heterocycles. The summed E-state index contributed by atoms with van der Waals surface area (Å²) in [5.74, 6) is -0.972. The number of alkyl halides is 1. The molecule has 160 valence electrons. The molecule has 0 aliphatic heterocycles. The number of nitrogens with one attached hydrogen (secondary N) is 1. The van der Waals surface area contributed by atoms with E-state index in [1.807, 2.05) is 0 Å². The van der Waals surface area contributed by atoms with Gasteiger partial charge in [0.2, 0.25) is 0 Å². The van der Waals surface area contributed by atoms with Crippen LogP contribution in [0.25, 0.3) is 11.1 Å². The van der Waals surface area contributed by atoms with Crippen molar-refractivity contribution in [2.24, 2.45) is 5.92 Å². The van der Waals surface area contributed by atoms with Gasteiger partial charge in [0.15, 0.2) is 5.13 Å². The van der Waals surface area contributed by atoms with Crippen molar-refractivity contribution in [2.45, 2.75) is 12.3 Å². The SMILES string of the molecule is O=S(=O)(Nc1nccs1)C1=CC(F)C(C(O)c2ccc(Cl)cc2-c2ccncc2)C=C1. The normalized spacial score (nSPS) is 19.6. The number of sulfonamides is 1. The van der Waals surface area contributed by atoms with Gasteiger partial charge in [-0.1, -0.05) is 23.7 Å². The van der Waals surface area contributed by atoms with E-state index in [2.05, 4.69) is 14.7 Å². The van der Waals surface area contributed by atoms with E-state index in [4.69, 9.17) is 11.6 Å². The number of pyridine rings is 1. The van der Waals surface area contributed by atoms with Gasteiger partial charge in [-0.25, -0.2) is 17.8 Å². The predicted molar refractivity (Wildman–Crippen MR) is 120 cm³/mol. The molecule has 1 aromatic carbocycles. The van der Waals surface area contributed by atoms with E-state index in [0.29, 0.717) is 16.1 Å². The summed E-state index contributed by atoms with van der Waals surface area (Å²) in [6.45, 7) is 0. The predicted octanol–water partition coefficient (Wildman–Crippen LogP) is 4.74. The lowest BCUT2D eigenvalue weighted by atomic mass is 9.85. The standard InChI is InChI=1S/C21H17ClFN3O3S2/c22-14-1-3-16(18(11-14)13-5-7-24-8-6-13)20(27)17-4-2-15(12-19(17)23)31(28,29)26-21-25-9-10-30-21/h1-12,17,19-20,27H,(H,25,26). The molecule has 6 nitrogen and oxygen atoms in total. The number of hydrogen-bond acceptors (Lipinski definition) is 6. The van der Waals surface area contributed by atoms with E-state index in [1.54, 1.807) is 48.1 Å². The van der Waals surface area contributed by atoms with Crippen molar-refractivity contribution in [3.8, 4) is 11.1 Å². The summed E-state index contributed by atoms with van der Waals surface area (Å²) in [5, 5.41) is 13.3. The number of thiazole rings is 1. The number of aliphatic hydroxyl groups excluding tert-OH is 1. The Bertz CT molecular complexity index is 1230. The highest BCUT2D eigenvalue weighted by atomic mass is 35.5. The second-order valence-electron chi connectivity index (χ2n) is 6.80. The van der Waals surface area contributed by atoms with Crippen LogP contribution in [-0.4, -0.2) is 29.7 Å². The molecule has 3 aromatic rings. The zero-order valence-corrected chi connectivity index (χ0v) is 18.3. The lowest BCUT2D eigenvalue weighted by Gasteiger charge is -2.27. The van der Waals surface area contributed by atoms with E-state index in [-0.39, 0.29) is 10.0 Å². The molecule has 2 N–H and O–H groups in total. The summed E-state index contributed by atoms with van der Waals surface area (Å²) in [6.07, 6.45) is 5.40. The van der Waals surface area contributed by atoms with E-state index in [0.717, 1.165) is 23.0 Å². The van der Waals surface area contributed by atoms with Crippen LogP contribution in [0.1, 0.15) is 11.7 Å². The molecular formula is C21H17ClFN3O3S2. The molecule has 10 heteroatoms. The lowest BCUT2D eigenvalue weighted by molar-refractivity contribution is 0.0956. The summed E-state index contributed by atoms with van der Waals surface area (Å²) < 4.78 is 42.4. The fourth-order valence-corrected chi connectivity index (χ4v) is 5.35. The fourth-order valence-electron chi connectivity index (χ4n) is 3.32. The number of aliphatic hydroxyl groups is 1. The molecule has 0 spiro atoms. The number of allylic oxidation sites excluding steroid dienone is 2. The third-order valence-electron chi connectivity index (χ3n) is 4.83. The highest BCUT2D eigenvalue weighted by Crippen LogP contribution is 2.38. The van der Waals surface area contributed by atoms with Crippen LogP contribution in [0.5, 0.6) is 0 Å². The van der Waals surface area contributed by atoms with Crippen LogP contribution in [-0.2, 0) is 10.0 Å². The second kappa shape index (κ2) is 8.88. The van der Waals surface area contributed by atoms with Crippen LogP contribution >= 0.6 is 22.9 Å². The van der Waals surface area contributed by atoms with Crippen molar-refractivity contribution >= 4 is 38.1 Å². The molecule has 0 amide bonds. The Morgan fingerprint density at radius 2 is 1.97 bits per heavy atom. The number of anilines is 1. The van der Waals surface area contributed by atoms with Crippen molar-refractivity contribution in [3.63, 3.8) is 0 Å². The number of rotatable bonds is 6. The van der Waals surface area contributed by atoms with E-state index >= 15 is 4.39 Å². The topological polar surface area (TPSA) is 92.2 Å². The van der Waals surface area contributed by atoms with Crippen LogP contribution < -0.4 is 4.72 Å². The summed E-state index contributed by atoms with van der Waals surface area (Å²) in [7, 11) is -3.98. The van der Waals surface area contributed by atoms with Crippen molar-refractivity contribution in [3.05, 3.63) is 88.0 Å². The Kier molecular flexibility index (Phi) is 6.19. The third-order valence-corrected chi connectivity index (χ3v) is 7.24. The Morgan fingerprint density at radius 3 is 2.65 bits per heavy atom. The van der Waals surface area contributed by atoms with Crippen molar-refractivity contribution in [1.29, 1.82) is 0 Å². The molecule has 0 fully saturated rings. The molecule has 3 atom stereocenters. The zero-order chi connectivity index (χ0) is 22.0. The van der Waals surface area contributed by atoms with Crippen LogP contribution in [0.3, 0.4) is 0 Å². The third kappa shape index (κ3) is 4.69. The molecule has 1 aliphatic rings.